The van der Waals surface area contributed by atoms with Crippen molar-refractivity contribution in [2.24, 2.45) is 5.92 Å². The molecule has 4 nitrogen and oxygen atoms in total. The van der Waals surface area contributed by atoms with Crippen molar-refractivity contribution in [1.29, 1.82) is 0 Å². The number of hydrogen-bond acceptors (Lipinski definition) is 4. The van der Waals surface area contributed by atoms with Crippen LogP contribution in [0.1, 0.15) is 16.7 Å². The molecular formula is C19H25NO3. The van der Waals surface area contributed by atoms with Gasteiger partial charge in [0.1, 0.15) is 0 Å². The largest absolute Gasteiger partial charge is 0.376 e. The molecule has 0 saturated heterocycles. The monoisotopic (exact) mass is 315 g/mol. The van der Waals surface area contributed by atoms with Crippen LogP contribution in [0.3, 0.4) is 0 Å². The summed E-state index contributed by atoms with van der Waals surface area (Å²) in [7, 11) is 1.53. The lowest BCUT2D eigenvalue weighted by molar-refractivity contribution is -0.163. The van der Waals surface area contributed by atoms with Gasteiger partial charge in [0.05, 0.1) is 26.9 Å². The molecule has 0 heterocycles. The van der Waals surface area contributed by atoms with Crippen LogP contribution in [0.2, 0.25) is 0 Å². The second kappa shape index (κ2) is 10.1. The van der Waals surface area contributed by atoms with Crippen LogP contribution in [0.5, 0.6) is 0 Å². The highest BCUT2D eigenvalue weighted by Crippen LogP contribution is 2.12. The Morgan fingerprint density at radius 1 is 0.913 bits per heavy atom. The van der Waals surface area contributed by atoms with Crippen molar-refractivity contribution in [2.75, 3.05) is 20.3 Å². The average molecular weight is 315 g/mol. The third-order valence-electron chi connectivity index (χ3n) is 3.57. The lowest BCUT2D eigenvalue weighted by atomic mass is 10.00. The summed E-state index contributed by atoms with van der Waals surface area (Å²) < 4.78 is 5.86. The SMILES string of the molecule is CONOCC(COCc1ccccc1)Cc1ccc(C)cc1. The second-order valence-corrected chi connectivity index (χ2v) is 5.65. The van der Waals surface area contributed by atoms with E-state index in [9.17, 15) is 0 Å². The van der Waals surface area contributed by atoms with E-state index in [0.29, 0.717) is 19.8 Å². The molecule has 0 aliphatic heterocycles. The van der Waals surface area contributed by atoms with Gasteiger partial charge >= 0.3 is 0 Å². The molecule has 2 aromatic rings. The summed E-state index contributed by atoms with van der Waals surface area (Å²) in [6, 6.07) is 18.8. The number of nitrogens with one attached hydrogen (secondary N) is 1. The number of hydrogen-bond donors (Lipinski definition) is 1. The van der Waals surface area contributed by atoms with Crippen LogP contribution >= 0.6 is 0 Å². The van der Waals surface area contributed by atoms with Crippen molar-refractivity contribution in [1.82, 2.24) is 5.64 Å². The molecule has 1 N–H and O–H groups in total. The molecule has 2 rings (SSSR count). The highest BCUT2D eigenvalue weighted by Gasteiger charge is 2.11. The van der Waals surface area contributed by atoms with Crippen LogP contribution < -0.4 is 5.64 Å². The molecular weight excluding hydrogens is 290 g/mol. The minimum Gasteiger partial charge on any atom is -0.376 e. The Kier molecular flexibility index (Phi) is 7.77. The lowest BCUT2D eigenvalue weighted by Gasteiger charge is -2.17. The van der Waals surface area contributed by atoms with Crippen molar-refractivity contribution < 1.29 is 14.4 Å². The van der Waals surface area contributed by atoms with Crippen LogP contribution in [0.4, 0.5) is 0 Å². The molecule has 1 unspecified atom stereocenters. The van der Waals surface area contributed by atoms with Crippen molar-refractivity contribution in [3.05, 3.63) is 71.3 Å². The molecule has 124 valence electrons. The summed E-state index contributed by atoms with van der Waals surface area (Å²) >= 11 is 0. The van der Waals surface area contributed by atoms with E-state index in [0.717, 1.165) is 6.42 Å². The Hall–Kier alpha value is -1.72. The van der Waals surface area contributed by atoms with E-state index >= 15 is 0 Å². The number of rotatable bonds is 10. The fourth-order valence-corrected chi connectivity index (χ4v) is 2.35. The molecule has 0 bridgehead atoms. The van der Waals surface area contributed by atoms with E-state index < -0.39 is 0 Å². The molecule has 0 aliphatic rings. The van der Waals surface area contributed by atoms with E-state index in [2.05, 4.69) is 49.0 Å². The fourth-order valence-electron chi connectivity index (χ4n) is 2.35. The standard InChI is InChI=1S/C19H25NO3/c1-16-8-10-17(11-9-16)12-19(15-23-20-21-2)14-22-13-18-6-4-3-5-7-18/h3-11,19-20H,12-15H2,1-2H3. The number of ether oxygens (including phenoxy) is 1. The van der Waals surface area contributed by atoms with Gasteiger partial charge in [-0.15, -0.1) is 0 Å². The van der Waals surface area contributed by atoms with E-state index in [1.807, 2.05) is 18.2 Å². The molecule has 0 amide bonds. The summed E-state index contributed by atoms with van der Waals surface area (Å²) in [5.74, 6) is 0.254. The topological polar surface area (TPSA) is 39.7 Å². The Morgan fingerprint density at radius 2 is 1.65 bits per heavy atom. The Bertz CT molecular complexity index is 542. The quantitative estimate of drug-likeness (QED) is 0.538. The third kappa shape index (κ3) is 6.93. The van der Waals surface area contributed by atoms with Crippen molar-refractivity contribution in [3.63, 3.8) is 0 Å². The van der Waals surface area contributed by atoms with E-state index in [4.69, 9.17) is 14.4 Å². The Balaban J connectivity index is 1.84. The first-order valence-corrected chi connectivity index (χ1v) is 7.85. The summed E-state index contributed by atoms with van der Waals surface area (Å²) in [5.41, 5.74) is 6.15. The van der Waals surface area contributed by atoms with E-state index in [-0.39, 0.29) is 5.92 Å². The van der Waals surface area contributed by atoms with Crippen LogP contribution in [-0.2, 0) is 27.4 Å². The van der Waals surface area contributed by atoms with Gasteiger partial charge in [-0.05, 0) is 24.5 Å². The van der Waals surface area contributed by atoms with Crippen LogP contribution in [0, 0.1) is 12.8 Å². The molecule has 2 aromatic carbocycles. The van der Waals surface area contributed by atoms with Crippen LogP contribution in [0.15, 0.2) is 54.6 Å². The predicted molar refractivity (Wildman–Crippen MR) is 90.6 cm³/mol. The van der Waals surface area contributed by atoms with E-state index in [1.54, 1.807) is 0 Å². The first kappa shape index (κ1) is 17.6. The fraction of sp³-hybridized carbons (Fsp3) is 0.368. The third-order valence-corrected chi connectivity index (χ3v) is 3.57. The maximum absolute atomic E-state index is 5.86. The highest BCUT2D eigenvalue weighted by atomic mass is 16.9. The van der Waals surface area contributed by atoms with E-state index in [1.165, 1.54) is 23.8 Å². The van der Waals surface area contributed by atoms with Gasteiger partial charge in [-0.2, -0.15) is 0 Å². The molecule has 0 saturated carbocycles. The summed E-state index contributed by atoms with van der Waals surface area (Å²) in [6.07, 6.45) is 0.903. The predicted octanol–water partition coefficient (Wildman–Crippen LogP) is 3.45. The van der Waals surface area contributed by atoms with Crippen molar-refractivity contribution in [3.8, 4) is 0 Å². The summed E-state index contributed by atoms with van der Waals surface area (Å²) in [5, 5.41) is 0. The van der Waals surface area contributed by atoms with Crippen LogP contribution in [0.25, 0.3) is 0 Å². The number of benzene rings is 2. The molecule has 0 aromatic heterocycles. The zero-order valence-electron chi connectivity index (χ0n) is 13.8. The Morgan fingerprint density at radius 3 is 2.35 bits per heavy atom. The molecule has 0 radical (unpaired) electrons. The van der Waals surface area contributed by atoms with Crippen molar-refractivity contribution in [2.45, 2.75) is 20.0 Å². The van der Waals surface area contributed by atoms with Gasteiger partial charge in [0.2, 0.25) is 0 Å². The summed E-state index contributed by atoms with van der Waals surface area (Å²) in [6.45, 7) is 3.86. The first-order chi connectivity index (χ1) is 11.3. The van der Waals surface area contributed by atoms with Gasteiger partial charge in [-0.1, -0.05) is 65.8 Å². The maximum atomic E-state index is 5.86. The highest BCUT2D eigenvalue weighted by molar-refractivity contribution is 5.21. The van der Waals surface area contributed by atoms with Crippen molar-refractivity contribution >= 4 is 0 Å². The Labute approximate surface area is 138 Å². The molecule has 0 fully saturated rings. The van der Waals surface area contributed by atoms with Crippen LogP contribution in [-0.4, -0.2) is 20.3 Å². The lowest BCUT2D eigenvalue weighted by Crippen LogP contribution is -2.24. The molecule has 1 atom stereocenters. The minimum atomic E-state index is 0.254. The molecule has 0 aliphatic carbocycles. The van der Waals surface area contributed by atoms with Gasteiger partial charge < -0.3 is 4.74 Å². The smallest absolute Gasteiger partial charge is 0.0762 e. The van der Waals surface area contributed by atoms with Gasteiger partial charge in [0.25, 0.3) is 0 Å². The maximum Gasteiger partial charge on any atom is 0.0762 e. The zero-order chi connectivity index (χ0) is 16.3. The molecule has 23 heavy (non-hydrogen) atoms. The minimum absolute atomic E-state index is 0.254. The first-order valence-electron chi connectivity index (χ1n) is 7.85. The second-order valence-electron chi connectivity index (χ2n) is 5.65. The zero-order valence-corrected chi connectivity index (χ0v) is 13.8. The molecule has 0 spiro atoms. The van der Waals surface area contributed by atoms with Gasteiger partial charge in [0.15, 0.2) is 0 Å². The molecule has 4 heteroatoms. The van der Waals surface area contributed by atoms with Gasteiger partial charge in [0, 0.05) is 5.92 Å². The summed E-state index contributed by atoms with van der Waals surface area (Å²) in [4.78, 5) is 10.0. The average Bonchev–Trinajstić information content (AvgIpc) is 2.58. The normalized spacial score (nSPS) is 12.3. The van der Waals surface area contributed by atoms with Gasteiger partial charge in [-0.25, -0.2) is 0 Å². The van der Waals surface area contributed by atoms with Gasteiger partial charge in [-0.3, -0.25) is 9.68 Å². The number of aryl methyl sites for hydroxylation is 1.